The molecule has 1 heterocycles. The van der Waals surface area contributed by atoms with Crippen LogP contribution in [-0.4, -0.2) is 40.0 Å². The molecule has 1 aliphatic rings. The Labute approximate surface area is 230 Å². The molecule has 1 aliphatic heterocycles. The molecule has 1 amide bonds. The third-order valence-corrected chi connectivity index (χ3v) is 8.48. The summed E-state index contributed by atoms with van der Waals surface area (Å²) in [7, 11) is -4.03. The van der Waals surface area contributed by atoms with Gasteiger partial charge in [0.1, 0.15) is 4.90 Å². The van der Waals surface area contributed by atoms with E-state index < -0.39 is 16.1 Å². The highest BCUT2D eigenvalue weighted by Crippen LogP contribution is 2.33. The molecular weight excluding hydrogens is 514 g/mol. The summed E-state index contributed by atoms with van der Waals surface area (Å²) in [5, 5.41) is 2.85. The number of aryl methyl sites for hydroxylation is 1. The van der Waals surface area contributed by atoms with Gasteiger partial charge in [-0.15, -0.1) is 0 Å². The number of esters is 1. The zero-order chi connectivity index (χ0) is 28.0. The van der Waals surface area contributed by atoms with Crippen molar-refractivity contribution in [3.63, 3.8) is 0 Å². The second-order valence-electron chi connectivity index (χ2n) is 9.74. The van der Waals surface area contributed by atoms with Crippen molar-refractivity contribution in [2.24, 2.45) is 5.92 Å². The van der Waals surface area contributed by atoms with Crippen LogP contribution in [0.3, 0.4) is 0 Å². The zero-order valence-electron chi connectivity index (χ0n) is 22.5. The van der Waals surface area contributed by atoms with Crippen molar-refractivity contribution in [1.29, 1.82) is 0 Å². The molecule has 1 saturated heterocycles. The predicted octanol–water partition coefficient (Wildman–Crippen LogP) is 5.07. The van der Waals surface area contributed by atoms with Crippen molar-refractivity contribution >= 4 is 33.3 Å². The van der Waals surface area contributed by atoms with Gasteiger partial charge in [0.2, 0.25) is 10.0 Å². The van der Waals surface area contributed by atoms with Gasteiger partial charge < -0.3 is 15.0 Å². The molecule has 0 radical (unpaired) electrons. The van der Waals surface area contributed by atoms with Crippen LogP contribution in [0.2, 0.25) is 0 Å². The van der Waals surface area contributed by atoms with E-state index >= 15 is 0 Å². The Balaban J connectivity index is 1.69. The molecule has 1 fully saturated rings. The Hall–Kier alpha value is -3.69. The minimum absolute atomic E-state index is 0.0392. The molecule has 9 heteroatoms. The number of rotatable bonds is 9. The van der Waals surface area contributed by atoms with Crippen LogP contribution in [0.5, 0.6) is 0 Å². The van der Waals surface area contributed by atoms with Gasteiger partial charge in [-0.05, 0) is 69.0 Å². The lowest BCUT2D eigenvalue weighted by atomic mass is 9.97. The normalized spacial score (nSPS) is 16.4. The average molecular weight is 550 g/mol. The summed E-state index contributed by atoms with van der Waals surface area (Å²) in [6.07, 6.45) is 1.41. The number of hydrogen-bond donors (Lipinski definition) is 2. The second-order valence-corrected chi connectivity index (χ2v) is 11.4. The minimum atomic E-state index is -4.03. The topological polar surface area (TPSA) is 105 Å². The first-order chi connectivity index (χ1) is 18.7. The molecular formula is C30H35N3O5S. The summed E-state index contributed by atoms with van der Waals surface area (Å²) < 4.78 is 35.7. The van der Waals surface area contributed by atoms with E-state index in [0.29, 0.717) is 43.1 Å². The van der Waals surface area contributed by atoms with Crippen molar-refractivity contribution in [1.82, 2.24) is 4.72 Å². The number of anilines is 2. The third kappa shape index (κ3) is 6.85. The first-order valence-corrected chi connectivity index (χ1v) is 14.7. The van der Waals surface area contributed by atoms with Crippen molar-refractivity contribution in [3.8, 4) is 0 Å². The van der Waals surface area contributed by atoms with Crippen molar-refractivity contribution in [2.45, 2.75) is 44.6 Å². The van der Waals surface area contributed by atoms with E-state index in [1.54, 1.807) is 38.1 Å². The molecule has 2 N–H and O–H groups in total. The predicted molar refractivity (Wildman–Crippen MR) is 152 cm³/mol. The molecule has 4 rings (SSSR count). The summed E-state index contributed by atoms with van der Waals surface area (Å²) in [6.45, 7) is 6.65. The van der Waals surface area contributed by atoms with Gasteiger partial charge in [-0.1, -0.05) is 48.5 Å². The molecule has 0 aliphatic carbocycles. The van der Waals surface area contributed by atoms with Gasteiger partial charge in [0.15, 0.2) is 0 Å². The van der Waals surface area contributed by atoms with Crippen LogP contribution in [0.4, 0.5) is 11.4 Å². The summed E-state index contributed by atoms with van der Waals surface area (Å²) >= 11 is 0. The first kappa shape index (κ1) is 28.3. The lowest BCUT2D eigenvalue weighted by Crippen LogP contribution is -2.40. The quantitative estimate of drug-likeness (QED) is 0.361. The van der Waals surface area contributed by atoms with Gasteiger partial charge in [0, 0.05) is 30.4 Å². The van der Waals surface area contributed by atoms with Crippen molar-refractivity contribution < 1.29 is 22.7 Å². The van der Waals surface area contributed by atoms with E-state index in [1.807, 2.05) is 54.3 Å². The number of ether oxygens (including phenoxy) is 1. The highest BCUT2D eigenvalue weighted by molar-refractivity contribution is 7.89. The third-order valence-electron chi connectivity index (χ3n) is 6.91. The molecule has 3 aromatic carbocycles. The van der Waals surface area contributed by atoms with Gasteiger partial charge in [-0.2, -0.15) is 0 Å². The fourth-order valence-corrected chi connectivity index (χ4v) is 6.33. The summed E-state index contributed by atoms with van der Waals surface area (Å²) in [4.78, 5) is 27.4. The highest BCUT2D eigenvalue weighted by Gasteiger charge is 2.31. The van der Waals surface area contributed by atoms with Crippen LogP contribution in [0.1, 0.15) is 54.2 Å². The number of piperidine rings is 1. The zero-order valence-corrected chi connectivity index (χ0v) is 23.3. The number of amides is 1. The van der Waals surface area contributed by atoms with E-state index in [0.717, 1.165) is 17.5 Å². The Morgan fingerprint density at radius 1 is 1.05 bits per heavy atom. The van der Waals surface area contributed by atoms with Crippen molar-refractivity contribution in [3.05, 3.63) is 89.5 Å². The highest BCUT2D eigenvalue weighted by atomic mass is 32.2. The monoisotopic (exact) mass is 549 g/mol. The van der Waals surface area contributed by atoms with E-state index in [-0.39, 0.29) is 22.7 Å². The number of hydrogen-bond acceptors (Lipinski definition) is 6. The van der Waals surface area contributed by atoms with Crippen LogP contribution >= 0.6 is 0 Å². The van der Waals surface area contributed by atoms with Crippen LogP contribution < -0.4 is 14.9 Å². The SMILES string of the molecule is CCOC(=O)[C@@H]1CCCN(c2ccc(NC(=O)c3ccccc3C)cc2S(=O)(=O)N[C@@H](C)c2ccccc2)C1. The summed E-state index contributed by atoms with van der Waals surface area (Å²) in [5.41, 5.74) is 2.99. The van der Waals surface area contributed by atoms with Gasteiger partial charge in [-0.3, -0.25) is 9.59 Å². The molecule has 0 bridgehead atoms. The lowest BCUT2D eigenvalue weighted by molar-refractivity contribution is -0.148. The first-order valence-electron chi connectivity index (χ1n) is 13.2. The maximum absolute atomic E-state index is 13.8. The van der Waals surface area contributed by atoms with Crippen LogP contribution in [0.15, 0.2) is 77.7 Å². The maximum Gasteiger partial charge on any atom is 0.310 e. The maximum atomic E-state index is 13.8. The number of carbonyl (C=O) groups excluding carboxylic acids is 2. The van der Waals surface area contributed by atoms with Crippen molar-refractivity contribution in [2.75, 3.05) is 29.9 Å². The van der Waals surface area contributed by atoms with Gasteiger partial charge in [-0.25, -0.2) is 13.1 Å². The van der Waals surface area contributed by atoms with E-state index in [2.05, 4.69) is 10.0 Å². The number of benzene rings is 3. The van der Waals surface area contributed by atoms with Crippen LogP contribution in [0.25, 0.3) is 0 Å². The van der Waals surface area contributed by atoms with Crippen LogP contribution in [0, 0.1) is 12.8 Å². The largest absolute Gasteiger partial charge is 0.466 e. The fourth-order valence-electron chi connectivity index (χ4n) is 4.85. The minimum Gasteiger partial charge on any atom is -0.466 e. The van der Waals surface area contributed by atoms with E-state index in [4.69, 9.17) is 4.74 Å². The number of carbonyl (C=O) groups is 2. The molecule has 39 heavy (non-hydrogen) atoms. The lowest BCUT2D eigenvalue weighted by Gasteiger charge is -2.34. The van der Waals surface area contributed by atoms with Crippen LogP contribution in [-0.2, 0) is 19.6 Å². The van der Waals surface area contributed by atoms with Gasteiger partial charge >= 0.3 is 5.97 Å². The molecule has 2 atom stereocenters. The standard InChI is InChI=1S/C30H35N3O5S/c1-4-38-30(35)24-14-10-18-33(20-24)27-17-16-25(31-29(34)26-15-9-8-11-21(26)2)19-28(27)39(36,37)32-22(3)23-12-6-5-7-13-23/h5-9,11-13,15-17,19,22,24,32H,4,10,14,18,20H2,1-3H3,(H,31,34)/t22-,24+/m0/s1. The molecule has 0 saturated carbocycles. The van der Waals surface area contributed by atoms with Gasteiger partial charge in [0.05, 0.1) is 18.2 Å². The second kappa shape index (κ2) is 12.4. The van der Waals surface area contributed by atoms with E-state index in [9.17, 15) is 18.0 Å². The molecule has 3 aromatic rings. The summed E-state index contributed by atoms with van der Waals surface area (Å²) in [5.74, 6) is -0.939. The smallest absolute Gasteiger partial charge is 0.310 e. The number of nitrogens with zero attached hydrogens (tertiary/aromatic N) is 1. The fraction of sp³-hybridized carbons (Fsp3) is 0.333. The molecule has 0 aromatic heterocycles. The van der Waals surface area contributed by atoms with E-state index in [1.165, 1.54) is 6.07 Å². The average Bonchev–Trinajstić information content (AvgIpc) is 2.93. The Morgan fingerprint density at radius 2 is 1.77 bits per heavy atom. The number of nitrogens with one attached hydrogen (secondary N) is 2. The molecule has 0 spiro atoms. The Kier molecular flexibility index (Phi) is 9.04. The Bertz CT molecular complexity index is 1430. The summed E-state index contributed by atoms with van der Waals surface area (Å²) in [6, 6.07) is 20.9. The molecule has 8 nitrogen and oxygen atoms in total. The molecule has 0 unspecified atom stereocenters. The number of sulfonamides is 1. The van der Waals surface area contributed by atoms with Gasteiger partial charge in [0.25, 0.3) is 5.91 Å². The Morgan fingerprint density at radius 3 is 2.49 bits per heavy atom. The molecule has 206 valence electrons.